The first-order chi connectivity index (χ1) is 10.1. The van der Waals surface area contributed by atoms with Crippen molar-refractivity contribution in [1.29, 1.82) is 0 Å². The van der Waals surface area contributed by atoms with E-state index in [0.717, 1.165) is 27.4 Å². The number of aromatic nitrogens is 2. The highest BCUT2D eigenvalue weighted by Gasteiger charge is 2.21. The smallest absolute Gasteiger partial charge is 0.139 e. The molecule has 0 spiro atoms. The second kappa shape index (κ2) is 5.26. The molecule has 0 aliphatic carbocycles. The molecule has 0 amide bonds. The summed E-state index contributed by atoms with van der Waals surface area (Å²) in [6, 6.07) is 10.1. The molecule has 3 aromatic rings. The van der Waals surface area contributed by atoms with Gasteiger partial charge in [-0.15, -0.1) is 11.3 Å². The normalized spacial score (nSPS) is 10.8. The van der Waals surface area contributed by atoms with Crippen LogP contribution in [0.3, 0.4) is 0 Å². The number of nitrogens with zero attached hydrogens (tertiary/aromatic N) is 2. The molecule has 5 heteroatoms. The van der Waals surface area contributed by atoms with Crippen molar-refractivity contribution in [2.24, 2.45) is 7.05 Å². The Morgan fingerprint density at radius 3 is 2.71 bits per heavy atom. The Balaban J connectivity index is 2.29. The summed E-state index contributed by atoms with van der Waals surface area (Å²) in [7, 11) is 3.53. The zero-order chi connectivity index (χ0) is 15.0. The first-order valence-electron chi connectivity index (χ1n) is 6.63. The molecule has 0 saturated heterocycles. The lowest BCUT2D eigenvalue weighted by molar-refractivity contribution is 0.418. The zero-order valence-corrected chi connectivity index (χ0v) is 13.1. The molecular formula is C16H17N3OS. The van der Waals surface area contributed by atoms with Crippen LogP contribution in [-0.4, -0.2) is 16.9 Å². The molecule has 2 heterocycles. The van der Waals surface area contributed by atoms with E-state index in [1.165, 1.54) is 5.56 Å². The highest BCUT2D eigenvalue weighted by Crippen LogP contribution is 2.43. The lowest BCUT2D eigenvalue weighted by Crippen LogP contribution is -1.98. The predicted molar refractivity (Wildman–Crippen MR) is 87.7 cm³/mol. The number of rotatable bonds is 3. The summed E-state index contributed by atoms with van der Waals surface area (Å²) in [5.41, 5.74) is 10.4. The summed E-state index contributed by atoms with van der Waals surface area (Å²) >= 11 is 1.61. The summed E-state index contributed by atoms with van der Waals surface area (Å²) in [5.74, 6) is 1.49. The van der Waals surface area contributed by atoms with Gasteiger partial charge in [0.05, 0.1) is 17.6 Å². The fourth-order valence-corrected chi connectivity index (χ4v) is 3.30. The third-order valence-electron chi connectivity index (χ3n) is 3.57. The molecule has 4 nitrogen and oxygen atoms in total. The van der Waals surface area contributed by atoms with Crippen LogP contribution in [0.15, 0.2) is 35.7 Å². The van der Waals surface area contributed by atoms with Gasteiger partial charge in [-0.1, -0.05) is 24.3 Å². The topological polar surface area (TPSA) is 53.1 Å². The number of nitrogens with two attached hydrogens (primary N) is 1. The second-order valence-electron chi connectivity index (χ2n) is 4.87. The van der Waals surface area contributed by atoms with Crippen molar-refractivity contribution in [3.63, 3.8) is 0 Å². The van der Waals surface area contributed by atoms with Crippen molar-refractivity contribution in [2.75, 3.05) is 12.8 Å². The van der Waals surface area contributed by atoms with Crippen LogP contribution in [-0.2, 0) is 7.05 Å². The molecule has 0 unspecified atom stereocenters. The number of thiophene rings is 1. The third kappa shape index (κ3) is 2.19. The lowest BCUT2D eigenvalue weighted by Gasteiger charge is -2.07. The molecule has 0 aliphatic rings. The maximum Gasteiger partial charge on any atom is 0.139 e. The van der Waals surface area contributed by atoms with Gasteiger partial charge in [0.1, 0.15) is 17.3 Å². The number of methoxy groups -OCH3 is 1. The van der Waals surface area contributed by atoms with E-state index in [2.05, 4.69) is 24.2 Å². The summed E-state index contributed by atoms with van der Waals surface area (Å²) in [6.45, 7) is 2.08. The molecule has 0 bridgehead atoms. The fourth-order valence-electron chi connectivity index (χ4n) is 2.45. The first kappa shape index (κ1) is 13.7. The van der Waals surface area contributed by atoms with E-state index >= 15 is 0 Å². The number of hydrogen-bond donors (Lipinski definition) is 1. The van der Waals surface area contributed by atoms with Crippen LogP contribution >= 0.6 is 11.3 Å². The Hall–Kier alpha value is -2.27. The monoisotopic (exact) mass is 299 g/mol. The van der Waals surface area contributed by atoms with E-state index in [1.807, 2.05) is 30.6 Å². The number of hydrogen-bond acceptors (Lipinski definition) is 4. The summed E-state index contributed by atoms with van der Waals surface area (Å²) in [6.07, 6.45) is 0. The number of anilines is 1. The Morgan fingerprint density at radius 1 is 1.24 bits per heavy atom. The SMILES string of the molecule is COc1ccsc1-c1nn(C)c(N)c1-c1ccccc1C. The van der Waals surface area contributed by atoms with Crippen molar-refractivity contribution >= 4 is 17.2 Å². The van der Waals surface area contributed by atoms with Crippen molar-refractivity contribution in [3.8, 4) is 27.4 Å². The molecule has 108 valence electrons. The van der Waals surface area contributed by atoms with Gasteiger partial charge in [0.25, 0.3) is 0 Å². The van der Waals surface area contributed by atoms with E-state index in [4.69, 9.17) is 10.5 Å². The van der Waals surface area contributed by atoms with E-state index < -0.39 is 0 Å². The van der Waals surface area contributed by atoms with Crippen LogP contribution in [0.4, 0.5) is 5.82 Å². The van der Waals surface area contributed by atoms with E-state index in [0.29, 0.717) is 5.82 Å². The molecule has 0 aliphatic heterocycles. The minimum Gasteiger partial charge on any atom is -0.495 e. The van der Waals surface area contributed by atoms with Crippen LogP contribution < -0.4 is 10.5 Å². The largest absolute Gasteiger partial charge is 0.495 e. The molecule has 2 aromatic heterocycles. The molecule has 0 fully saturated rings. The summed E-state index contributed by atoms with van der Waals surface area (Å²) in [4.78, 5) is 1.00. The van der Waals surface area contributed by atoms with Gasteiger partial charge in [0, 0.05) is 7.05 Å². The van der Waals surface area contributed by atoms with Crippen LogP contribution in [0, 0.1) is 6.92 Å². The zero-order valence-electron chi connectivity index (χ0n) is 12.3. The van der Waals surface area contributed by atoms with E-state index in [-0.39, 0.29) is 0 Å². The molecule has 0 radical (unpaired) electrons. The third-order valence-corrected chi connectivity index (χ3v) is 4.47. The molecule has 3 rings (SSSR count). The van der Waals surface area contributed by atoms with Crippen molar-refractivity contribution in [3.05, 3.63) is 41.3 Å². The Kier molecular flexibility index (Phi) is 3.43. The highest BCUT2D eigenvalue weighted by molar-refractivity contribution is 7.14. The van der Waals surface area contributed by atoms with Crippen molar-refractivity contribution in [2.45, 2.75) is 6.92 Å². The molecule has 21 heavy (non-hydrogen) atoms. The van der Waals surface area contributed by atoms with Crippen LogP contribution in [0.2, 0.25) is 0 Å². The first-order valence-corrected chi connectivity index (χ1v) is 7.51. The lowest BCUT2D eigenvalue weighted by atomic mass is 9.99. The quantitative estimate of drug-likeness (QED) is 0.802. The summed E-state index contributed by atoms with van der Waals surface area (Å²) in [5, 5.41) is 6.60. The molecule has 1 aromatic carbocycles. The number of benzene rings is 1. The summed E-state index contributed by atoms with van der Waals surface area (Å²) < 4.78 is 7.15. The maximum atomic E-state index is 6.27. The Morgan fingerprint density at radius 2 is 2.00 bits per heavy atom. The minimum absolute atomic E-state index is 0.662. The maximum absolute atomic E-state index is 6.27. The Labute approximate surface area is 127 Å². The van der Waals surface area contributed by atoms with E-state index in [9.17, 15) is 0 Å². The molecule has 2 N–H and O–H groups in total. The minimum atomic E-state index is 0.662. The molecule has 0 atom stereocenters. The number of nitrogen functional groups attached to an aromatic ring is 1. The van der Waals surface area contributed by atoms with Crippen LogP contribution in [0.25, 0.3) is 21.7 Å². The van der Waals surface area contributed by atoms with Gasteiger partial charge in [-0.25, -0.2) is 0 Å². The van der Waals surface area contributed by atoms with E-state index in [1.54, 1.807) is 23.1 Å². The van der Waals surface area contributed by atoms with Gasteiger partial charge < -0.3 is 10.5 Å². The van der Waals surface area contributed by atoms with Crippen molar-refractivity contribution in [1.82, 2.24) is 9.78 Å². The predicted octanol–water partition coefficient (Wildman–Crippen LogP) is 3.71. The number of ether oxygens (including phenoxy) is 1. The van der Waals surface area contributed by atoms with Gasteiger partial charge in [-0.2, -0.15) is 5.10 Å². The van der Waals surface area contributed by atoms with Crippen LogP contribution in [0.5, 0.6) is 5.75 Å². The van der Waals surface area contributed by atoms with Gasteiger partial charge in [-0.3, -0.25) is 4.68 Å². The fraction of sp³-hybridized carbons (Fsp3) is 0.188. The van der Waals surface area contributed by atoms with Gasteiger partial charge in [-0.05, 0) is 29.5 Å². The molecular weight excluding hydrogens is 282 g/mol. The average Bonchev–Trinajstić information content (AvgIpc) is 3.05. The molecule has 0 saturated carbocycles. The van der Waals surface area contributed by atoms with Gasteiger partial charge >= 0.3 is 0 Å². The van der Waals surface area contributed by atoms with Gasteiger partial charge in [0.2, 0.25) is 0 Å². The van der Waals surface area contributed by atoms with Crippen LogP contribution in [0.1, 0.15) is 5.56 Å². The van der Waals surface area contributed by atoms with Gasteiger partial charge in [0.15, 0.2) is 0 Å². The number of aryl methyl sites for hydroxylation is 2. The Bertz CT molecular complexity index is 789. The average molecular weight is 299 g/mol. The van der Waals surface area contributed by atoms with Crippen molar-refractivity contribution < 1.29 is 4.74 Å². The standard InChI is InChI=1S/C16H17N3OS/c1-10-6-4-5-7-11(10)13-14(18-19(2)16(13)17)15-12(20-3)8-9-21-15/h4-9H,17H2,1-3H3. The second-order valence-corrected chi connectivity index (χ2v) is 5.78. The highest BCUT2D eigenvalue weighted by atomic mass is 32.1.